The van der Waals surface area contributed by atoms with Crippen LogP contribution in [-0.4, -0.2) is 4.98 Å². The summed E-state index contributed by atoms with van der Waals surface area (Å²) in [7, 11) is 0. The highest BCUT2D eigenvalue weighted by molar-refractivity contribution is 7.10. The minimum absolute atomic E-state index is 0.581. The van der Waals surface area contributed by atoms with Gasteiger partial charge in [-0.05, 0) is 11.6 Å². The van der Waals surface area contributed by atoms with E-state index in [0.717, 1.165) is 22.0 Å². The van der Waals surface area contributed by atoms with Gasteiger partial charge in [0.2, 0.25) is 0 Å². The first-order chi connectivity index (χ1) is 6.75. The van der Waals surface area contributed by atoms with Crippen molar-refractivity contribution >= 4 is 28.8 Å². The molecule has 0 radical (unpaired) electrons. The minimum atomic E-state index is 0.581. The molecule has 0 amide bonds. The molecule has 1 aromatic carbocycles. The van der Waals surface area contributed by atoms with Gasteiger partial charge in [-0.25, -0.2) is 4.98 Å². The number of benzene rings is 1. The van der Waals surface area contributed by atoms with E-state index in [9.17, 15) is 0 Å². The van der Waals surface area contributed by atoms with E-state index in [1.807, 2.05) is 29.6 Å². The molecule has 0 unspecified atom stereocenters. The highest BCUT2D eigenvalue weighted by atomic mass is 35.5. The lowest BCUT2D eigenvalue weighted by molar-refractivity contribution is 1.14. The molecule has 0 bridgehead atoms. The van der Waals surface area contributed by atoms with Crippen LogP contribution in [0.5, 0.6) is 0 Å². The van der Waals surface area contributed by atoms with E-state index in [1.54, 1.807) is 11.3 Å². The highest BCUT2D eigenvalue weighted by Crippen LogP contribution is 2.21. The number of hydrogen-bond donors (Lipinski definition) is 1. The Kier molecular flexibility index (Phi) is 2.70. The Morgan fingerprint density at radius 3 is 2.79 bits per heavy atom. The van der Waals surface area contributed by atoms with Gasteiger partial charge in [-0.15, -0.1) is 11.3 Å². The molecule has 0 aliphatic heterocycles. The summed E-state index contributed by atoms with van der Waals surface area (Å²) in [6, 6.07) is 7.77. The fraction of sp³-hybridized carbons (Fsp3) is 0.100. The third-order valence-corrected chi connectivity index (χ3v) is 3.10. The third kappa shape index (κ3) is 2.05. The van der Waals surface area contributed by atoms with E-state index in [1.165, 1.54) is 0 Å². The predicted molar refractivity (Wildman–Crippen MR) is 60.8 cm³/mol. The van der Waals surface area contributed by atoms with Gasteiger partial charge in [-0.1, -0.05) is 29.8 Å². The maximum Gasteiger partial charge on any atom is 0.134 e. The van der Waals surface area contributed by atoms with Crippen molar-refractivity contribution in [3.05, 3.63) is 45.2 Å². The Hall–Kier alpha value is -1.06. The number of anilines is 1. The van der Waals surface area contributed by atoms with Crippen molar-refractivity contribution in [1.29, 1.82) is 0 Å². The number of halogens is 1. The Labute approximate surface area is 91.4 Å². The van der Waals surface area contributed by atoms with Gasteiger partial charge in [-0.2, -0.15) is 0 Å². The van der Waals surface area contributed by atoms with Crippen LogP contribution in [-0.2, 0) is 6.42 Å². The van der Waals surface area contributed by atoms with Crippen molar-refractivity contribution in [3.63, 3.8) is 0 Å². The van der Waals surface area contributed by atoms with Crippen LogP contribution in [0.4, 0.5) is 5.82 Å². The summed E-state index contributed by atoms with van der Waals surface area (Å²) < 4.78 is 0. The molecule has 2 N–H and O–H groups in total. The highest BCUT2D eigenvalue weighted by Gasteiger charge is 2.03. The molecule has 0 saturated carbocycles. The number of hydrogen-bond acceptors (Lipinski definition) is 3. The topological polar surface area (TPSA) is 38.9 Å². The number of rotatable bonds is 2. The zero-order valence-corrected chi connectivity index (χ0v) is 8.98. The van der Waals surface area contributed by atoms with E-state index >= 15 is 0 Å². The smallest absolute Gasteiger partial charge is 0.134 e. The molecule has 1 heterocycles. The van der Waals surface area contributed by atoms with E-state index in [-0.39, 0.29) is 0 Å². The number of nitrogens with zero attached hydrogens (tertiary/aromatic N) is 1. The molecule has 0 atom stereocenters. The maximum absolute atomic E-state index is 6.03. The molecule has 14 heavy (non-hydrogen) atoms. The van der Waals surface area contributed by atoms with Crippen LogP contribution >= 0.6 is 22.9 Å². The Morgan fingerprint density at radius 1 is 1.36 bits per heavy atom. The Morgan fingerprint density at radius 2 is 2.14 bits per heavy atom. The quantitative estimate of drug-likeness (QED) is 0.852. The predicted octanol–water partition coefficient (Wildman–Crippen LogP) is 2.97. The maximum atomic E-state index is 6.03. The lowest BCUT2D eigenvalue weighted by atomic mass is 10.2. The molecule has 2 aromatic rings. The van der Waals surface area contributed by atoms with Gasteiger partial charge in [-0.3, -0.25) is 0 Å². The van der Waals surface area contributed by atoms with Gasteiger partial charge < -0.3 is 5.73 Å². The van der Waals surface area contributed by atoms with E-state index in [4.69, 9.17) is 17.3 Å². The summed E-state index contributed by atoms with van der Waals surface area (Å²) in [6.07, 6.45) is 0.752. The lowest BCUT2D eigenvalue weighted by Gasteiger charge is -1.99. The molecule has 0 fully saturated rings. The molecule has 2 nitrogen and oxygen atoms in total. The van der Waals surface area contributed by atoms with Crippen LogP contribution in [0.2, 0.25) is 5.02 Å². The summed E-state index contributed by atoms with van der Waals surface area (Å²) in [5, 5.41) is 3.61. The van der Waals surface area contributed by atoms with Gasteiger partial charge in [0.25, 0.3) is 0 Å². The van der Waals surface area contributed by atoms with Gasteiger partial charge in [0, 0.05) is 16.8 Å². The van der Waals surface area contributed by atoms with E-state index in [0.29, 0.717) is 5.82 Å². The summed E-state index contributed by atoms with van der Waals surface area (Å²) in [5.74, 6) is 0.581. The van der Waals surface area contributed by atoms with Gasteiger partial charge in [0.1, 0.15) is 5.82 Å². The van der Waals surface area contributed by atoms with Crippen LogP contribution in [0.15, 0.2) is 29.6 Å². The zero-order chi connectivity index (χ0) is 9.97. The van der Waals surface area contributed by atoms with Gasteiger partial charge in [0.05, 0.1) is 5.01 Å². The lowest BCUT2D eigenvalue weighted by Crippen LogP contribution is -1.89. The van der Waals surface area contributed by atoms with Crippen LogP contribution in [0.3, 0.4) is 0 Å². The number of thiazole rings is 1. The summed E-state index contributed by atoms with van der Waals surface area (Å²) in [5.41, 5.74) is 6.62. The average molecular weight is 225 g/mol. The van der Waals surface area contributed by atoms with Crippen molar-refractivity contribution in [2.75, 3.05) is 5.73 Å². The molecular weight excluding hydrogens is 216 g/mol. The molecule has 2 rings (SSSR count). The third-order valence-electron chi connectivity index (χ3n) is 1.87. The Bertz CT molecular complexity index is 439. The average Bonchev–Trinajstić information content (AvgIpc) is 2.56. The monoisotopic (exact) mass is 224 g/mol. The first-order valence-corrected chi connectivity index (χ1v) is 5.45. The van der Waals surface area contributed by atoms with Crippen LogP contribution < -0.4 is 5.73 Å². The van der Waals surface area contributed by atoms with Gasteiger partial charge >= 0.3 is 0 Å². The SMILES string of the molecule is Nc1csc(Cc2ccccc2Cl)n1. The largest absolute Gasteiger partial charge is 0.383 e. The van der Waals surface area contributed by atoms with Crippen molar-refractivity contribution in [3.8, 4) is 0 Å². The normalized spacial score (nSPS) is 10.4. The number of aromatic nitrogens is 1. The summed E-state index contributed by atoms with van der Waals surface area (Å²) in [6.45, 7) is 0. The van der Waals surface area contributed by atoms with Crippen molar-refractivity contribution < 1.29 is 0 Å². The zero-order valence-electron chi connectivity index (χ0n) is 7.40. The van der Waals surface area contributed by atoms with Crippen LogP contribution in [0.1, 0.15) is 10.6 Å². The van der Waals surface area contributed by atoms with E-state index in [2.05, 4.69) is 4.98 Å². The summed E-state index contributed by atoms with van der Waals surface area (Å²) in [4.78, 5) is 4.18. The van der Waals surface area contributed by atoms with Crippen molar-refractivity contribution in [2.45, 2.75) is 6.42 Å². The number of nitrogens with two attached hydrogens (primary N) is 1. The molecule has 0 spiro atoms. The molecule has 1 aromatic heterocycles. The summed E-state index contributed by atoms with van der Waals surface area (Å²) >= 11 is 7.58. The molecule has 0 aliphatic rings. The second kappa shape index (κ2) is 3.98. The second-order valence-electron chi connectivity index (χ2n) is 2.93. The van der Waals surface area contributed by atoms with Crippen LogP contribution in [0.25, 0.3) is 0 Å². The molecule has 4 heteroatoms. The molecule has 72 valence electrons. The first-order valence-electron chi connectivity index (χ1n) is 4.19. The fourth-order valence-corrected chi connectivity index (χ4v) is 2.12. The number of nitrogen functional groups attached to an aromatic ring is 1. The fourth-order valence-electron chi connectivity index (χ4n) is 1.21. The van der Waals surface area contributed by atoms with Gasteiger partial charge in [0.15, 0.2) is 0 Å². The van der Waals surface area contributed by atoms with Crippen molar-refractivity contribution in [1.82, 2.24) is 4.98 Å². The molecule has 0 saturated heterocycles. The first kappa shape index (κ1) is 9.49. The second-order valence-corrected chi connectivity index (χ2v) is 4.28. The van der Waals surface area contributed by atoms with Crippen molar-refractivity contribution in [2.24, 2.45) is 0 Å². The van der Waals surface area contributed by atoms with Crippen LogP contribution in [0, 0.1) is 0 Å². The minimum Gasteiger partial charge on any atom is -0.383 e. The van der Waals surface area contributed by atoms with E-state index < -0.39 is 0 Å². The standard InChI is InChI=1S/C10H9ClN2S/c11-8-4-2-1-3-7(8)5-10-13-9(12)6-14-10/h1-4,6H,5,12H2. The Balaban J connectivity index is 2.23. The molecule has 0 aliphatic carbocycles. The molecular formula is C10H9ClN2S.